The summed E-state index contributed by atoms with van der Waals surface area (Å²) in [5, 5.41) is 0. The first-order chi connectivity index (χ1) is 8.92. The van der Waals surface area contributed by atoms with E-state index in [1.165, 1.54) is 0 Å². The third-order valence-corrected chi connectivity index (χ3v) is 2.31. The zero-order chi connectivity index (χ0) is 15.0. The normalized spacial score (nSPS) is 10.0. The van der Waals surface area contributed by atoms with E-state index in [0.29, 0.717) is 0 Å². The number of amides is 4. The highest BCUT2D eigenvalue weighted by Gasteiger charge is 2.35. The summed E-state index contributed by atoms with van der Waals surface area (Å²) in [6.45, 7) is 0. The molecular weight excluding hydrogens is 260 g/mol. The largest absolute Gasteiger partial charge is 0.294 e. The van der Waals surface area contributed by atoms with Crippen LogP contribution >= 0.6 is 0 Å². The van der Waals surface area contributed by atoms with Gasteiger partial charge in [0.25, 0.3) is 0 Å². The molecule has 12 N–H and O–H groups in total. The first-order valence-electron chi connectivity index (χ1n) is 4.94. The second-order valence-electron chi connectivity index (χ2n) is 3.38. The first-order valence-corrected chi connectivity index (χ1v) is 4.94. The Kier molecular flexibility index (Phi) is 6.98. The molecule has 0 fully saturated rings. The van der Waals surface area contributed by atoms with Crippen molar-refractivity contribution in [3.8, 4) is 0 Å². The molecule has 0 aromatic carbocycles. The Morgan fingerprint density at radius 1 is 0.632 bits per heavy atom. The van der Waals surface area contributed by atoms with Crippen molar-refractivity contribution < 1.29 is 19.2 Å². The van der Waals surface area contributed by atoms with Gasteiger partial charge in [-0.15, -0.1) is 0 Å². The summed E-state index contributed by atoms with van der Waals surface area (Å²) in [6, 6.07) is 0. The van der Waals surface area contributed by atoms with Crippen LogP contribution in [-0.2, 0) is 19.2 Å². The number of carbonyl (C=O) groups excluding carboxylic acids is 4. The van der Waals surface area contributed by atoms with Crippen molar-refractivity contribution in [3.05, 3.63) is 0 Å². The molecule has 0 saturated heterocycles. The van der Waals surface area contributed by atoms with E-state index in [2.05, 4.69) is 0 Å². The van der Waals surface area contributed by atoms with Gasteiger partial charge in [-0.25, -0.2) is 23.4 Å². The molecule has 0 unspecified atom stereocenters. The molecule has 4 amide bonds. The van der Waals surface area contributed by atoms with Gasteiger partial charge in [-0.3, -0.25) is 40.9 Å². The number of nitrogens with two attached hydrogens (primary N) is 4. The Labute approximate surface area is 107 Å². The number of hydrogen-bond donors (Lipinski definition) is 8. The molecule has 19 heavy (non-hydrogen) atoms. The van der Waals surface area contributed by atoms with E-state index >= 15 is 0 Å². The number of hydrazine groups is 4. The quantitative estimate of drug-likeness (QED) is 0.101. The summed E-state index contributed by atoms with van der Waals surface area (Å²) in [7, 11) is 0. The number of hydrogen-bond acceptors (Lipinski definition) is 8. The lowest BCUT2D eigenvalue weighted by Crippen LogP contribution is -2.51. The van der Waals surface area contributed by atoms with Crippen LogP contribution in [0.25, 0.3) is 0 Å². The van der Waals surface area contributed by atoms with E-state index in [1.807, 2.05) is 0 Å². The second kappa shape index (κ2) is 7.93. The molecule has 108 valence electrons. The van der Waals surface area contributed by atoms with Crippen molar-refractivity contribution in [1.29, 1.82) is 0 Å². The van der Waals surface area contributed by atoms with Gasteiger partial charge >= 0.3 is 0 Å². The molecule has 0 rings (SSSR count). The zero-order valence-corrected chi connectivity index (χ0v) is 9.80. The van der Waals surface area contributed by atoms with Gasteiger partial charge < -0.3 is 0 Å². The summed E-state index contributed by atoms with van der Waals surface area (Å²) in [6.07, 6.45) is -0.516. The number of rotatable bonds is 6. The molecule has 12 nitrogen and oxygen atoms in total. The van der Waals surface area contributed by atoms with Crippen molar-refractivity contribution in [2.24, 2.45) is 35.2 Å². The average molecular weight is 276 g/mol. The second-order valence-corrected chi connectivity index (χ2v) is 3.38. The van der Waals surface area contributed by atoms with E-state index in [0.717, 1.165) is 0 Å². The van der Waals surface area contributed by atoms with Crippen molar-refractivity contribution >= 4 is 23.6 Å². The lowest BCUT2D eigenvalue weighted by Gasteiger charge is -2.18. The maximum absolute atomic E-state index is 11.4. The smallest absolute Gasteiger partial charge is 0.246 e. The van der Waals surface area contributed by atoms with Crippen molar-refractivity contribution in [1.82, 2.24) is 21.7 Å². The maximum Gasteiger partial charge on any atom is 0.246 e. The van der Waals surface area contributed by atoms with E-state index in [1.54, 1.807) is 21.7 Å². The van der Waals surface area contributed by atoms with Crippen LogP contribution in [0, 0.1) is 11.8 Å². The Morgan fingerprint density at radius 2 is 0.842 bits per heavy atom. The fourth-order valence-corrected chi connectivity index (χ4v) is 1.30. The topological polar surface area (TPSA) is 220 Å². The Hall–Kier alpha value is -2.28. The highest BCUT2D eigenvalue weighted by molar-refractivity contribution is 6.04. The molecule has 0 spiro atoms. The summed E-state index contributed by atoms with van der Waals surface area (Å²) in [4.78, 5) is 45.6. The minimum atomic E-state index is -1.46. The van der Waals surface area contributed by atoms with E-state index in [-0.39, 0.29) is 0 Å². The standard InChI is InChI=1S/C7H16N8O4/c8-12-4(16)2(5(17)13-9)1-3(6(18)14-10)7(19)15-11/h2-3H,1,8-11H2,(H,12,16)(H,13,17)(H,14,18)(H,15,19). The predicted octanol–water partition coefficient (Wildman–Crippen LogP) is -5.43. The zero-order valence-electron chi connectivity index (χ0n) is 9.80. The monoisotopic (exact) mass is 276 g/mol. The minimum absolute atomic E-state index is 0.516. The summed E-state index contributed by atoms with van der Waals surface area (Å²) < 4.78 is 0. The molecular formula is C7H16N8O4. The van der Waals surface area contributed by atoms with Gasteiger partial charge in [-0.1, -0.05) is 0 Å². The Morgan fingerprint density at radius 3 is 1.00 bits per heavy atom. The van der Waals surface area contributed by atoms with Gasteiger partial charge in [-0.2, -0.15) is 0 Å². The molecule has 0 aliphatic rings. The van der Waals surface area contributed by atoms with Crippen molar-refractivity contribution in [2.45, 2.75) is 6.42 Å². The third-order valence-electron chi connectivity index (χ3n) is 2.31. The number of nitrogens with one attached hydrogen (secondary N) is 4. The molecule has 0 aromatic heterocycles. The first kappa shape index (κ1) is 16.7. The Bertz CT molecular complexity index is 306. The van der Waals surface area contributed by atoms with Gasteiger partial charge in [0.15, 0.2) is 0 Å². The van der Waals surface area contributed by atoms with Crippen molar-refractivity contribution in [3.63, 3.8) is 0 Å². The van der Waals surface area contributed by atoms with Crippen LogP contribution in [0.1, 0.15) is 6.42 Å². The maximum atomic E-state index is 11.4. The van der Waals surface area contributed by atoms with Gasteiger partial charge in [-0.05, 0) is 6.42 Å². The van der Waals surface area contributed by atoms with Gasteiger partial charge in [0.1, 0.15) is 11.8 Å². The molecule has 0 saturated carbocycles. The highest BCUT2D eigenvalue weighted by Crippen LogP contribution is 2.13. The van der Waals surface area contributed by atoms with Crippen molar-refractivity contribution in [2.75, 3.05) is 0 Å². The van der Waals surface area contributed by atoms with Gasteiger partial charge in [0, 0.05) is 0 Å². The van der Waals surface area contributed by atoms with Crippen LogP contribution in [0.4, 0.5) is 0 Å². The fourth-order valence-electron chi connectivity index (χ4n) is 1.30. The predicted molar refractivity (Wildman–Crippen MR) is 60.9 cm³/mol. The van der Waals surface area contributed by atoms with E-state index in [4.69, 9.17) is 23.4 Å². The molecule has 0 aromatic rings. The molecule has 0 aliphatic heterocycles. The van der Waals surface area contributed by atoms with E-state index < -0.39 is 41.9 Å². The van der Waals surface area contributed by atoms with E-state index in [9.17, 15) is 19.2 Å². The highest BCUT2D eigenvalue weighted by atomic mass is 16.2. The lowest BCUT2D eigenvalue weighted by atomic mass is 9.92. The van der Waals surface area contributed by atoms with Crippen LogP contribution < -0.4 is 45.1 Å². The van der Waals surface area contributed by atoms with Gasteiger partial charge in [0.2, 0.25) is 23.6 Å². The summed E-state index contributed by atoms with van der Waals surface area (Å²) in [5.74, 6) is 12.9. The SMILES string of the molecule is NNC(=O)C(CC(C(=O)NN)C(=O)NN)C(=O)NN. The molecule has 0 bridgehead atoms. The minimum Gasteiger partial charge on any atom is -0.294 e. The van der Waals surface area contributed by atoms with Crippen LogP contribution in [0.2, 0.25) is 0 Å². The summed E-state index contributed by atoms with van der Waals surface area (Å²) >= 11 is 0. The average Bonchev–Trinajstić information content (AvgIpc) is 2.45. The number of carbonyl (C=O) groups is 4. The summed E-state index contributed by atoms with van der Waals surface area (Å²) in [5.41, 5.74) is 6.87. The molecule has 0 heterocycles. The van der Waals surface area contributed by atoms with Crippen LogP contribution in [0.5, 0.6) is 0 Å². The Balaban J connectivity index is 5.13. The third kappa shape index (κ3) is 4.47. The molecule has 0 atom stereocenters. The fraction of sp³-hybridized carbons (Fsp3) is 0.429. The van der Waals surface area contributed by atoms with Crippen LogP contribution in [0.15, 0.2) is 0 Å². The lowest BCUT2D eigenvalue weighted by molar-refractivity contribution is -0.139. The van der Waals surface area contributed by atoms with Crippen LogP contribution in [-0.4, -0.2) is 23.6 Å². The molecule has 0 aliphatic carbocycles. The van der Waals surface area contributed by atoms with Gasteiger partial charge in [0.05, 0.1) is 0 Å². The van der Waals surface area contributed by atoms with Crippen LogP contribution in [0.3, 0.4) is 0 Å². The molecule has 12 heteroatoms. The molecule has 0 radical (unpaired) electrons.